The minimum absolute atomic E-state index is 0.0966. The van der Waals surface area contributed by atoms with Gasteiger partial charge in [0.15, 0.2) is 5.82 Å². The van der Waals surface area contributed by atoms with Crippen molar-refractivity contribution in [2.24, 2.45) is 4.99 Å². The fourth-order valence-electron chi connectivity index (χ4n) is 4.40. The summed E-state index contributed by atoms with van der Waals surface area (Å²) in [4.78, 5) is 17.5. The number of aromatic nitrogens is 3. The topological polar surface area (TPSA) is 110 Å². The minimum atomic E-state index is -0.961. The molecule has 2 aromatic carbocycles. The molecule has 1 atom stereocenters. The predicted octanol–water partition coefficient (Wildman–Crippen LogP) is 4.48. The van der Waals surface area contributed by atoms with Gasteiger partial charge in [0.25, 0.3) is 0 Å². The zero-order valence-electron chi connectivity index (χ0n) is 19.5. The van der Waals surface area contributed by atoms with Crippen molar-refractivity contribution in [3.05, 3.63) is 81.7 Å². The van der Waals surface area contributed by atoms with E-state index in [0.29, 0.717) is 17.4 Å². The summed E-state index contributed by atoms with van der Waals surface area (Å²) in [5.74, 6) is 0.952. The first-order valence-electron chi connectivity index (χ1n) is 11.1. The number of methoxy groups -OCH3 is 1. The van der Waals surface area contributed by atoms with E-state index in [1.54, 1.807) is 7.11 Å². The second-order valence-electron chi connectivity index (χ2n) is 8.33. The van der Waals surface area contributed by atoms with E-state index in [2.05, 4.69) is 10.2 Å². The highest BCUT2D eigenvalue weighted by molar-refractivity contribution is 7.15. The summed E-state index contributed by atoms with van der Waals surface area (Å²) in [6.45, 7) is 3.69. The lowest BCUT2D eigenvalue weighted by molar-refractivity contribution is -0.137. The molecule has 0 amide bonds. The Hall–Kier alpha value is -3.82. The first kappa shape index (κ1) is 22.9. The molecule has 2 N–H and O–H groups in total. The minimum Gasteiger partial charge on any atom is -0.497 e. The Morgan fingerprint density at radius 3 is 2.51 bits per heavy atom. The number of aryl methyl sites for hydroxylation is 1. The van der Waals surface area contributed by atoms with Crippen LogP contribution in [-0.4, -0.2) is 43.8 Å². The van der Waals surface area contributed by atoms with Crippen molar-refractivity contribution in [1.29, 1.82) is 0 Å². The molecule has 2 aromatic heterocycles. The zero-order valence-corrected chi connectivity index (χ0v) is 20.3. The quantitative estimate of drug-likeness (QED) is 0.414. The molecule has 0 aliphatic carbocycles. The number of aliphatic hydroxyl groups excluding tert-OH is 1. The van der Waals surface area contributed by atoms with E-state index in [0.717, 1.165) is 43.4 Å². The average Bonchev–Trinajstić information content (AvgIpc) is 3.36. The van der Waals surface area contributed by atoms with Crippen LogP contribution < -0.4 is 4.74 Å². The maximum atomic E-state index is 11.7. The van der Waals surface area contributed by atoms with Gasteiger partial charge in [-0.15, -0.1) is 21.5 Å². The Kier molecular flexibility index (Phi) is 5.96. The summed E-state index contributed by atoms with van der Waals surface area (Å²) in [5.41, 5.74) is 5.37. The average molecular weight is 489 g/mol. The number of hydrogen-bond donors (Lipinski definition) is 2. The van der Waals surface area contributed by atoms with Crippen LogP contribution in [0.2, 0.25) is 0 Å². The number of carboxylic acids is 1. The van der Waals surface area contributed by atoms with Gasteiger partial charge in [-0.1, -0.05) is 36.4 Å². The van der Waals surface area contributed by atoms with Gasteiger partial charge >= 0.3 is 5.97 Å². The number of aliphatic imine (C=N–C) groups is 1. The van der Waals surface area contributed by atoms with Gasteiger partial charge in [0, 0.05) is 16.0 Å². The molecule has 4 aromatic rings. The van der Waals surface area contributed by atoms with Crippen LogP contribution in [0.3, 0.4) is 0 Å². The van der Waals surface area contributed by atoms with E-state index in [4.69, 9.17) is 9.73 Å². The SMILES string of the molecule is COc1cccc(-c2ccc(C3=N[C@@H](CC(=O)O)c4nnc(C)n4-c4sc(CO)c(C)c43)cc2)c1. The van der Waals surface area contributed by atoms with Crippen LogP contribution in [0.1, 0.15) is 45.7 Å². The number of aliphatic hydroxyl groups is 1. The Labute approximate surface area is 206 Å². The lowest BCUT2D eigenvalue weighted by atomic mass is 9.97. The van der Waals surface area contributed by atoms with Crippen molar-refractivity contribution >= 4 is 23.0 Å². The van der Waals surface area contributed by atoms with Crippen LogP contribution in [0.25, 0.3) is 16.1 Å². The van der Waals surface area contributed by atoms with Crippen molar-refractivity contribution in [2.75, 3.05) is 7.11 Å². The zero-order chi connectivity index (χ0) is 24.7. The van der Waals surface area contributed by atoms with Crippen LogP contribution >= 0.6 is 11.3 Å². The van der Waals surface area contributed by atoms with Crippen molar-refractivity contribution in [2.45, 2.75) is 32.9 Å². The normalized spacial score (nSPS) is 14.6. The Bertz CT molecular complexity index is 1450. The molecule has 0 spiro atoms. The van der Waals surface area contributed by atoms with Gasteiger partial charge in [0.05, 0.1) is 25.8 Å². The first-order valence-corrected chi connectivity index (χ1v) is 11.9. The van der Waals surface area contributed by atoms with E-state index in [1.807, 2.05) is 66.9 Å². The fraction of sp³-hybridized carbons (Fsp3) is 0.231. The van der Waals surface area contributed by atoms with Crippen LogP contribution in [0, 0.1) is 13.8 Å². The molecule has 1 aliphatic rings. The van der Waals surface area contributed by atoms with Crippen molar-refractivity contribution < 1.29 is 19.7 Å². The molecule has 178 valence electrons. The molecule has 0 saturated heterocycles. The number of thiophene rings is 1. The summed E-state index contributed by atoms with van der Waals surface area (Å²) in [5, 5.41) is 28.9. The molecule has 0 saturated carbocycles. The fourth-order valence-corrected chi connectivity index (χ4v) is 5.62. The summed E-state index contributed by atoms with van der Waals surface area (Å²) < 4.78 is 7.23. The molecule has 3 heterocycles. The molecular formula is C26H24N4O4S. The molecule has 8 nitrogen and oxygen atoms in total. The highest BCUT2D eigenvalue weighted by atomic mass is 32.1. The van der Waals surface area contributed by atoms with Gasteiger partial charge in [0.2, 0.25) is 0 Å². The Morgan fingerprint density at radius 2 is 1.83 bits per heavy atom. The monoisotopic (exact) mass is 488 g/mol. The summed E-state index contributed by atoms with van der Waals surface area (Å²) in [6.07, 6.45) is -0.204. The number of nitrogens with zero attached hydrogens (tertiary/aromatic N) is 4. The molecule has 5 rings (SSSR count). The number of carbonyl (C=O) groups is 1. The van der Waals surface area contributed by atoms with Crippen LogP contribution in [0.5, 0.6) is 5.75 Å². The van der Waals surface area contributed by atoms with E-state index in [9.17, 15) is 15.0 Å². The van der Waals surface area contributed by atoms with E-state index in [1.165, 1.54) is 11.3 Å². The van der Waals surface area contributed by atoms with Crippen LogP contribution in [-0.2, 0) is 11.4 Å². The number of carboxylic acid groups (broad SMARTS) is 1. The Morgan fingerprint density at radius 1 is 1.09 bits per heavy atom. The maximum Gasteiger partial charge on any atom is 0.306 e. The molecule has 0 unspecified atom stereocenters. The molecular weight excluding hydrogens is 464 g/mol. The van der Waals surface area contributed by atoms with Gasteiger partial charge in [-0.2, -0.15) is 0 Å². The smallest absolute Gasteiger partial charge is 0.306 e. The van der Waals surface area contributed by atoms with Gasteiger partial charge in [-0.05, 0) is 42.7 Å². The third-order valence-electron chi connectivity index (χ3n) is 6.17. The van der Waals surface area contributed by atoms with Crippen molar-refractivity contribution in [3.8, 4) is 21.9 Å². The number of hydrogen-bond acceptors (Lipinski definition) is 7. The third kappa shape index (κ3) is 4.02. The molecule has 9 heteroatoms. The van der Waals surface area contributed by atoms with Gasteiger partial charge in [-0.25, -0.2) is 0 Å². The van der Waals surface area contributed by atoms with Crippen LogP contribution in [0.15, 0.2) is 53.5 Å². The standard InChI is InChI=1S/C26H24N4O4S/c1-14-21(13-31)35-26-23(14)24(27-20(12-22(32)33)25-29-28-15(2)30(25)26)17-9-7-16(8-10-17)18-5-4-6-19(11-18)34-3/h4-11,20,31H,12-13H2,1-3H3,(H,32,33)/t20-/m0/s1. The molecule has 0 radical (unpaired) electrons. The van der Waals surface area contributed by atoms with Gasteiger partial charge < -0.3 is 14.9 Å². The largest absolute Gasteiger partial charge is 0.497 e. The number of fused-ring (bicyclic) bond motifs is 3. The first-order chi connectivity index (χ1) is 16.9. The van der Waals surface area contributed by atoms with E-state index < -0.39 is 12.0 Å². The summed E-state index contributed by atoms with van der Waals surface area (Å²) >= 11 is 1.45. The number of ether oxygens (including phenoxy) is 1. The maximum absolute atomic E-state index is 11.7. The summed E-state index contributed by atoms with van der Waals surface area (Å²) in [6, 6.07) is 15.2. The molecule has 0 bridgehead atoms. The van der Waals surface area contributed by atoms with E-state index >= 15 is 0 Å². The second-order valence-corrected chi connectivity index (χ2v) is 9.41. The molecule has 35 heavy (non-hydrogen) atoms. The van der Waals surface area contributed by atoms with Crippen LogP contribution in [0.4, 0.5) is 0 Å². The molecule has 0 fully saturated rings. The van der Waals surface area contributed by atoms with Crippen molar-refractivity contribution in [1.82, 2.24) is 14.8 Å². The highest BCUT2D eigenvalue weighted by Gasteiger charge is 2.32. The number of benzene rings is 2. The van der Waals surface area contributed by atoms with E-state index in [-0.39, 0.29) is 13.0 Å². The van der Waals surface area contributed by atoms with Gasteiger partial charge in [-0.3, -0.25) is 14.4 Å². The van der Waals surface area contributed by atoms with Gasteiger partial charge in [0.1, 0.15) is 22.6 Å². The second kappa shape index (κ2) is 9.09. The number of rotatable bonds is 6. The lowest BCUT2D eigenvalue weighted by Gasteiger charge is -2.12. The predicted molar refractivity (Wildman–Crippen MR) is 134 cm³/mol. The molecule has 1 aliphatic heterocycles. The van der Waals surface area contributed by atoms with Crippen molar-refractivity contribution in [3.63, 3.8) is 0 Å². The summed E-state index contributed by atoms with van der Waals surface area (Å²) in [7, 11) is 1.64. The Balaban J connectivity index is 1.68. The third-order valence-corrected chi connectivity index (χ3v) is 7.43. The lowest BCUT2D eigenvalue weighted by Crippen LogP contribution is -2.10. The number of aliphatic carboxylic acids is 1. The highest BCUT2D eigenvalue weighted by Crippen LogP contribution is 2.40.